The molecular formula is C37H38N8O3. The van der Waals surface area contributed by atoms with Crippen molar-refractivity contribution in [3.8, 4) is 22.9 Å². The van der Waals surface area contributed by atoms with Crippen LogP contribution in [0.25, 0.3) is 22.4 Å². The van der Waals surface area contributed by atoms with Crippen molar-refractivity contribution in [3.63, 3.8) is 0 Å². The van der Waals surface area contributed by atoms with Gasteiger partial charge in [-0.3, -0.25) is 4.79 Å². The highest BCUT2D eigenvalue weighted by Gasteiger charge is 2.22. The Bertz CT molecular complexity index is 2050. The van der Waals surface area contributed by atoms with Crippen molar-refractivity contribution in [2.45, 2.75) is 76.6 Å². The van der Waals surface area contributed by atoms with Gasteiger partial charge in [0.05, 0.1) is 49.2 Å². The molecule has 3 heterocycles. The monoisotopic (exact) mass is 642 g/mol. The van der Waals surface area contributed by atoms with Crippen LogP contribution in [0.1, 0.15) is 90.8 Å². The van der Waals surface area contributed by atoms with E-state index in [1.54, 1.807) is 7.11 Å². The van der Waals surface area contributed by atoms with Gasteiger partial charge in [0.15, 0.2) is 17.3 Å². The average Bonchev–Trinajstić information content (AvgIpc) is 3.98. The SMILES string of the molecule is COc1cc(-c2nc3cc(C(=O)c4ccccc4)ccc3n2Cc2cn(C3CCCC3)nn2)ccc1OCc1cn(C2CCCC2)nn1. The quantitative estimate of drug-likeness (QED) is 0.139. The molecule has 244 valence electrons. The van der Waals surface area contributed by atoms with E-state index in [1.165, 1.54) is 25.7 Å². The lowest BCUT2D eigenvalue weighted by Crippen LogP contribution is -2.05. The number of aromatic nitrogens is 8. The summed E-state index contributed by atoms with van der Waals surface area (Å²) in [6, 6.07) is 21.7. The topological polar surface area (TPSA) is 115 Å². The molecule has 3 aromatic carbocycles. The second-order valence-electron chi connectivity index (χ2n) is 12.8. The molecule has 0 aliphatic heterocycles. The van der Waals surface area contributed by atoms with E-state index in [9.17, 15) is 4.79 Å². The van der Waals surface area contributed by atoms with Crippen LogP contribution in [-0.4, -0.2) is 52.4 Å². The van der Waals surface area contributed by atoms with E-state index in [2.05, 4.69) is 31.4 Å². The van der Waals surface area contributed by atoms with Crippen molar-refractivity contribution < 1.29 is 14.3 Å². The minimum Gasteiger partial charge on any atom is -0.493 e. The molecule has 2 aliphatic carbocycles. The molecule has 0 radical (unpaired) electrons. The fraction of sp³-hybridized carbons (Fsp3) is 0.351. The summed E-state index contributed by atoms with van der Waals surface area (Å²) in [7, 11) is 1.63. The van der Waals surface area contributed by atoms with Crippen molar-refractivity contribution in [2.75, 3.05) is 7.11 Å². The number of carbonyl (C=O) groups is 1. The summed E-state index contributed by atoms with van der Waals surface area (Å²) in [6.45, 7) is 0.761. The lowest BCUT2D eigenvalue weighted by atomic mass is 10.0. The number of carbonyl (C=O) groups excluding carboxylic acids is 1. The molecule has 0 bridgehead atoms. The van der Waals surface area contributed by atoms with Crippen molar-refractivity contribution in [1.29, 1.82) is 0 Å². The first kappa shape index (κ1) is 30.0. The molecule has 48 heavy (non-hydrogen) atoms. The second-order valence-corrected chi connectivity index (χ2v) is 12.8. The van der Waals surface area contributed by atoms with Gasteiger partial charge in [-0.05, 0) is 62.1 Å². The summed E-state index contributed by atoms with van der Waals surface area (Å²) >= 11 is 0. The molecule has 0 unspecified atom stereocenters. The lowest BCUT2D eigenvalue weighted by Gasteiger charge is -2.13. The highest BCUT2D eigenvalue weighted by molar-refractivity contribution is 6.10. The number of nitrogens with zero attached hydrogens (tertiary/aromatic N) is 8. The van der Waals surface area contributed by atoms with E-state index in [0.29, 0.717) is 41.3 Å². The average molecular weight is 643 g/mol. The molecule has 0 N–H and O–H groups in total. The molecule has 6 aromatic rings. The maximum Gasteiger partial charge on any atom is 0.193 e. The van der Waals surface area contributed by atoms with Gasteiger partial charge < -0.3 is 14.0 Å². The van der Waals surface area contributed by atoms with Crippen LogP contribution in [-0.2, 0) is 13.2 Å². The fourth-order valence-corrected chi connectivity index (χ4v) is 7.11. The number of ether oxygens (including phenoxy) is 2. The zero-order chi connectivity index (χ0) is 32.5. The number of rotatable bonds is 11. The van der Waals surface area contributed by atoms with Crippen LogP contribution in [0.2, 0.25) is 0 Å². The predicted octanol–water partition coefficient (Wildman–Crippen LogP) is 6.98. The molecule has 2 aliphatic rings. The number of hydrogen-bond acceptors (Lipinski definition) is 8. The van der Waals surface area contributed by atoms with E-state index < -0.39 is 0 Å². The summed E-state index contributed by atoms with van der Waals surface area (Å²) in [5.74, 6) is 1.88. The molecular weight excluding hydrogens is 604 g/mol. The third-order valence-corrected chi connectivity index (χ3v) is 9.68. The molecule has 0 amide bonds. The van der Waals surface area contributed by atoms with Gasteiger partial charge in [0.25, 0.3) is 0 Å². The lowest BCUT2D eigenvalue weighted by molar-refractivity contribution is 0.103. The first-order valence-electron chi connectivity index (χ1n) is 16.9. The van der Waals surface area contributed by atoms with Crippen LogP contribution in [0, 0.1) is 0 Å². The predicted molar refractivity (Wildman–Crippen MR) is 180 cm³/mol. The van der Waals surface area contributed by atoms with Crippen LogP contribution in [0.4, 0.5) is 0 Å². The van der Waals surface area contributed by atoms with Gasteiger partial charge in [-0.2, -0.15) is 0 Å². The maximum absolute atomic E-state index is 13.3. The molecule has 11 heteroatoms. The third kappa shape index (κ3) is 5.96. The summed E-state index contributed by atoms with van der Waals surface area (Å²) in [6.07, 6.45) is 13.5. The van der Waals surface area contributed by atoms with Crippen molar-refractivity contribution in [3.05, 3.63) is 102 Å². The van der Waals surface area contributed by atoms with Crippen molar-refractivity contribution in [2.24, 2.45) is 0 Å². The fourth-order valence-electron chi connectivity index (χ4n) is 7.11. The minimum atomic E-state index is -0.0421. The van der Waals surface area contributed by atoms with E-state index in [1.807, 2.05) is 82.3 Å². The van der Waals surface area contributed by atoms with Crippen LogP contribution in [0.15, 0.2) is 79.1 Å². The Hall–Kier alpha value is -5.32. The number of imidazole rings is 1. The van der Waals surface area contributed by atoms with Crippen molar-refractivity contribution in [1.82, 2.24) is 39.5 Å². The van der Waals surface area contributed by atoms with Crippen LogP contribution < -0.4 is 9.47 Å². The number of methoxy groups -OCH3 is 1. The normalized spacial score (nSPS) is 15.4. The van der Waals surface area contributed by atoms with Crippen LogP contribution >= 0.6 is 0 Å². The van der Waals surface area contributed by atoms with Gasteiger partial charge in [-0.1, -0.05) is 66.4 Å². The molecule has 8 rings (SSSR count). The smallest absolute Gasteiger partial charge is 0.193 e. The Morgan fingerprint density at radius 3 is 2.17 bits per heavy atom. The van der Waals surface area contributed by atoms with Crippen LogP contribution in [0.5, 0.6) is 11.5 Å². The highest BCUT2D eigenvalue weighted by Crippen LogP contribution is 2.35. The maximum atomic E-state index is 13.3. The highest BCUT2D eigenvalue weighted by atomic mass is 16.5. The summed E-state index contributed by atoms with van der Waals surface area (Å²) in [5.41, 5.74) is 5.33. The molecule has 11 nitrogen and oxygen atoms in total. The molecule has 0 atom stereocenters. The van der Waals surface area contributed by atoms with E-state index in [0.717, 1.165) is 59.5 Å². The van der Waals surface area contributed by atoms with Gasteiger partial charge in [-0.15, -0.1) is 10.2 Å². The van der Waals surface area contributed by atoms with E-state index >= 15 is 0 Å². The number of hydrogen-bond donors (Lipinski definition) is 0. The zero-order valence-corrected chi connectivity index (χ0v) is 27.0. The second kappa shape index (κ2) is 13.1. The van der Waals surface area contributed by atoms with Crippen molar-refractivity contribution >= 4 is 16.8 Å². The van der Waals surface area contributed by atoms with Gasteiger partial charge >= 0.3 is 0 Å². The first-order chi connectivity index (χ1) is 23.6. The Labute approximate surface area is 278 Å². The van der Waals surface area contributed by atoms with Crippen LogP contribution in [0.3, 0.4) is 0 Å². The summed E-state index contributed by atoms with van der Waals surface area (Å²) in [4.78, 5) is 18.4. The minimum absolute atomic E-state index is 0.0421. The zero-order valence-electron chi connectivity index (χ0n) is 27.0. The molecule has 2 fully saturated rings. The Morgan fingerprint density at radius 1 is 0.771 bits per heavy atom. The van der Waals surface area contributed by atoms with E-state index in [4.69, 9.17) is 14.5 Å². The first-order valence-corrected chi connectivity index (χ1v) is 16.9. The van der Waals surface area contributed by atoms with Gasteiger partial charge in [0, 0.05) is 16.7 Å². The number of benzene rings is 3. The summed E-state index contributed by atoms with van der Waals surface area (Å²) < 4.78 is 18.1. The molecule has 3 aromatic heterocycles. The standard InChI is InChI=1S/C37H38N8O3/c1-47-35-20-27(16-18-34(35)48-24-29-23-45(42-40-29)31-13-7-8-14-31)37-38-32-19-26(36(46)25-9-3-2-4-10-25)15-17-33(32)43(37)21-28-22-44(41-39-28)30-11-5-6-12-30/h2-4,9-10,15-20,22-23,30-31H,5-8,11-14,21,24H2,1H3. The Balaban J connectivity index is 1.11. The number of fused-ring (bicyclic) bond motifs is 1. The largest absolute Gasteiger partial charge is 0.493 e. The van der Waals surface area contributed by atoms with Gasteiger partial charge in [0.1, 0.15) is 23.8 Å². The Morgan fingerprint density at radius 2 is 1.46 bits per heavy atom. The Kier molecular flexibility index (Phi) is 8.17. The van der Waals surface area contributed by atoms with Gasteiger partial charge in [-0.25, -0.2) is 14.3 Å². The molecule has 0 saturated heterocycles. The molecule has 2 saturated carbocycles. The third-order valence-electron chi connectivity index (χ3n) is 9.68. The van der Waals surface area contributed by atoms with E-state index in [-0.39, 0.29) is 12.4 Å². The molecule has 0 spiro atoms. The van der Waals surface area contributed by atoms with Gasteiger partial charge in [0.2, 0.25) is 0 Å². The summed E-state index contributed by atoms with van der Waals surface area (Å²) in [5, 5.41) is 17.7. The number of ketones is 1.